The molecule has 2 aromatic carbocycles. The molecule has 2 N–H and O–H groups in total. The second-order valence-corrected chi connectivity index (χ2v) is 5.63. The smallest absolute Gasteiger partial charge is 0.205 e. The number of benzene rings is 2. The Kier molecular flexibility index (Phi) is 2.51. The molecular formula is C16H14ClN3. The highest BCUT2D eigenvalue weighted by Gasteiger charge is 2.16. The highest BCUT2D eigenvalue weighted by molar-refractivity contribution is 6.35. The highest BCUT2D eigenvalue weighted by atomic mass is 35.5. The lowest BCUT2D eigenvalue weighted by Gasteiger charge is -2.09. The Bertz CT molecular complexity index is 820. The van der Waals surface area contributed by atoms with Crippen LogP contribution in [0.25, 0.3) is 16.7 Å². The molecule has 0 bridgehead atoms. The van der Waals surface area contributed by atoms with Crippen LogP contribution in [0, 0.1) is 0 Å². The summed E-state index contributed by atoms with van der Waals surface area (Å²) in [5.41, 5.74) is 11.7. The predicted molar refractivity (Wildman–Crippen MR) is 82.5 cm³/mol. The number of nitrogen functional groups attached to an aromatic ring is 1. The lowest BCUT2D eigenvalue weighted by molar-refractivity contribution is 0.911. The maximum Gasteiger partial charge on any atom is 0.205 e. The van der Waals surface area contributed by atoms with Gasteiger partial charge in [-0.05, 0) is 54.7 Å². The number of para-hydroxylation sites is 1. The van der Waals surface area contributed by atoms with E-state index in [0.717, 1.165) is 23.1 Å². The third kappa shape index (κ3) is 1.63. The SMILES string of the molecule is Nc1nc2cccc(Cl)c2n1-c1ccc2c(c1)CCC2. The van der Waals surface area contributed by atoms with E-state index in [4.69, 9.17) is 17.3 Å². The molecule has 0 amide bonds. The third-order valence-corrected chi connectivity index (χ3v) is 4.30. The van der Waals surface area contributed by atoms with Crippen LogP contribution < -0.4 is 5.73 Å². The summed E-state index contributed by atoms with van der Waals surface area (Å²) in [6, 6.07) is 12.2. The van der Waals surface area contributed by atoms with Crippen molar-refractivity contribution in [3.05, 3.63) is 52.5 Å². The average molecular weight is 284 g/mol. The molecule has 1 aromatic heterocycles. The van der Waals surface area contributed by atoms with E-state index < -0.39 is 0 Å². The molecule has 20 heavy (non-hydrogen) atoms. The quantitative estimate of drug-likeness (QED) is 0.739. The van der Waals surface area contributed by atoms with E-state index in [9.17, 15) is 0 Å². The molecule has 0 aliphatic heterocycles. The molecule has 1 heterocycles. The first-order valence-corrected chi connectivity index (χ1v) is 7.16. The van der Waals surface area contributed by atoms with Crippen LogP contribution in [0.2, 0.25) is 5.02 Å². The number of aromatic nitrogens is 2. The van der Waals surface area contributed by atoms with Gasteiger partial charge in [-0.15, -0.1) is 0 Å². The van der Waals surface area contributed by atoms with Crippen molar-refractivity contribution in [3.8, 4) is 5.69 Å². The first-order valence-electron chi connectivity index (χ1n) is 6.78. The number of aryl methyl sites for hydroxylation is 2. The van der Waals surface area contributed by atoms with Gasteiger partial charge in [0.05, 0.1) is 16.1 Å². The zero-order valence-corrected chi connectivity index (χ0v) is 11.7. The number of nitrogens with zero attached hydrogens (tertiary/aromatic N) is 2. The van der Waals surface area contributed by atoms with Crippen molar-refractivity contribution in [2.24, 2.45) is 0 Å². The van der Waals surface area contributed by atoms with Gasteiger partial charge in [-0.3, -0.25) is 4.57 Å². The fourth-order valence-corrected chi connectivity index (χ4v) is 3.32. The van der Waals surface area contributed by atoms with E-state index in [1.54, 1.807) is 0 Å². The molecule has 100 valence electrons. The molecule has 4 rings (SSSR count). The van der Waals surface area contributed by atoms with Crippen LogP contribution in [0.4, 0.5) is 5.95 Å². The Morgan fingerprint density at radius 1 is 1.10 bits per heavy atom. The maximum atomic E-state index is 6.33. The van der Waals surface area contributed by atoms with Gasteiger partial charge in [0.1, 0.15) is 0 Å². The largest absolute Gasteiger partial charge is 0.369 e. The Hall–Kier alpha value is -2.00. The zero-order valence-electron chi connectivity index (χ0n) is 10.9. The van der Waals surface area contributed by atoms with Gasteiger partial charge in [0.2, 0.25) is 5.95 Å². The summed E-state index contributed by atoms with van der Waals surface area (Å²) in [5.74, 6) is 0.478. The molecule has 1 aliphatic rings. The molecule has 0 saturated carbocycles. The van der Waals surface area contributed by atoms with Gasteiger partial charge in [0.15, 0.2) is 0 Å². The topological polar surface area (TPSA) is 43.8 Å². The lowest BCUT2D eigenvalue weighted by atomic mass is 10.1. The van der Waals surface area contributed by atoms with Crippen molar-refractivity contribution >= 4 is 28.6 Å². The molecule has 0 fully saturated rings. The van der Waals surface area contributed by atoms with Crippen molar-refractivity contribution in [2.75, 3.05) is 5.73 Å². The Morgan fingerprint density at radius 2 is 1.95 bits per heavy atom. The molecule has 0 saturated heterocycles. The van der Waals surface area contributed by atoms with E-state index in [1.807, 2.05) is 22.8 Å². The molecular weight excluding hydrogens is 270 g/mol. The number of nitrogens with two attached hydrogens (primary N) is 1. The summed E-state index contributed by atoms with van der Waals surface area (Å²) in [4.78, 5) is 4.40. The van der Waals surface area contributed by atoms with Crippen molar-refractivity contribution in [1.82, 2.24) is 9.55 Å². The molecule has 3 aromatic rings. The summed E-state index contributed by atoms with van der Waals surface area (Å²) in [5, 5.41) is 0.673. The van der Waals surface area contributed by atoms with Gasteiger partial charge in [-0.1, -0.05) is 23.7 Å². The maximum absolute atomic E-state index is 6.33. The molecule has 3 nitrogen and oxygen atoms in total. The molecule has 0 unspecified atom stereocenters. The Labute approximate surface area is 122 Å². The summed E-state index contributed by atoms with van der Waals surface area (Å²) < 4.78 is 1.94. The third-order valence-electron chi connectivity index (χ3n) is 3.99. The summed E-state index contributed by atoms with van der Waals surface area (Å²) in [6.45, 7) is 0. The van der Waals surface area contributed by atoms with Crippen LogP contribution in [-0.2, 0) is 12.8 Å². The highest BCUT2D eigenvalue weighted by Crippen LogP contribution is 2.31. The van der Waals surface area contributed by atoms with Crippen molar-refractivity contribution in [1.29, 1.82) is 0 Å². The minimum Gasteiger partial charge on any atom is -0.369 e. The minimum absolute atomic E-state index is 0.478. The van der Waals surface area contributed by atoms with E-state index >= 15 is 0 Å². The van der Waals surface area contributed by atoms with Gasteiger partial charge in [0.25, 0.3) is 0 Å². The zero-order chi connectivity index (χ0) is 13.7. The number of hydrogen-bond donors (Lipinski definition) is 1. The number of imidazole rings is 1. The molecule has 0 spiro atoms. The van der Waals surface area contributed by atoms with E-state index in [1.165, 1.54) is 24.0 Å². The minimum atomic E-state index is 0.478. The van der Waals surface area contributed by atoms with Crippen molar-refractivity contribution < 1.29 is 0 Å². The summed E-state index contributed by atoms with van der Waals surface area (Å²) in [6.07, 6.45) is 3.56. The number of halogens is 1. The standard InChI is InChI=1S/C16H14ClN3/c17-13-5-2-6-14-15(13)20(16(18)19-14)12-8-7-10-3-1-4-11(10)9-12/h2,5-9H,1,3-4H2,(H2,18,19). The van der Waals surface area contributed by atoms with Crippen LogP contribution in [0.1, 0.15) is 17.5 Å². The summed E-state index contributed by atoms with van der Waals surface area (Å²) >= 11 is 6.33. The van der Waals surface area contributed by atoms with Gasteiger partial charge in [0, 0.05) is 5.69 Å². The molecule has 0 radical (unpaired) electrons. The number of anilines is 1. The summed E-state index contributed by atoms with van der Waals surface area (Å²) in [7, 11) is 0. The van der Waals surface area contributed by atoms with Crippen molar-refractivity contribution in [2.45, 2.75) is 19.3 Å². The monoisotopic (exact) mass is 283 g/mol. The van der Waals surface area contributed by atoms with Crippen LogP contribution in [-0.4, -0.2) is 9.55 Å². The molecule has 4 heteroatoms. The van der Waals surface area contributed by atoms with E-state index in [2.05, 4.69) is 23.2 Å². The first-order chi connectivity index (χ1) is 9.74. The van der Waals surface area contributed by atoms with E-state index in [0.29, 0.717) is 11.0 Å². The number of fused-ring (bicyclic) bond motifs is 2. The fraction of sp³-hybridized carbons (Fsp3) is 0.188. The number of rotatable bonds is 1. The van der Waals surface area contributed by atoms with E-state index in [-0.39, 0.29) is 0 Å². The Morgan fingerprint density at radius 3 is 2.85 bits per heavy atom. The van der Waals surface area contributed by atoms with Crippen LogP contribution in [0.5, 0.6) is 0 Å². The molecule has 1 aliphatic carbocycles. The van der Waals surface area contributed by atoms with Crippen LogP contribution >= 0.6 is 11.6 Å². The van der Waals surface area contributed by atoms with Gasteiger partial charge < -0.3 is 5.73 Å². The molecule has 0 atom stereocenters. The first kappa shape index (κ1) is 11.8. The lowest BCUT2D eigenvalue weighted by Crippen LogP contribution is -2.01. The normalized spacial score (nSPS) is 13.8. The van der Waals surface area contributed by atoms with Crippen LogP contribution in [0.3, 0.4) is 0 Å². The van der Waals surface area contributed by atoms with Gasteiger partial charge >= 0.3 is 0 Å². The fourth-order valence-electron chi connectivity index (χ4n) is 3.06. The van der Waals surface area contributed by atoms with Crippen LogP contribution in [0.15, 0.2) is 36.4 Å². The van der Waals surface area contributed by atoms with Gasteiger partial charge in [-0.2, -0.15) is 0 Å². The predicted octanol–water partition coefficient (Wildman–Crippen LogP) is 3.75. The van der Waals surface area contributed by atoms with Crippen molar-refractivity contribution in [3.63, 3.8) is 0 Å². The number of hydrogen-bond acceptors (Lipinski definition) is 2. The Balaban J connectivity index is 2.00. The second-order valence-electron chi connectivity index (χ2n) is 5.22. The average Bonchev–Trinajstić information content (AvgIpc) is 3.01. The second kappa shape index (κ2) is 4.25. The van der Waals surface area contributed by atoms with Gasteiger partial charge in [-0.25, -0.2) is 4.98 Å².